The number of carbonyl (C=O) groups is 1. The van der Waals surface area contributed by atoms with Gasteiger partial charge in [0.15, 0.2) is 0 Å². The first-order valence-corrected chi connectivity index (χ1v) is 6.19. The van der Waals surface area contributed by atoms with Crippen LogP contribution in [0.5, 0.6) is 0 Å². The molecule has 2 N–H and O–H groups in total. The largest absolute Gasteiger partial charge is 0.356 e. The summed E-state index contributed by atoms with van der Waals surface area (Å²) in [5.41, 5.74) is 0. The summed E-state index contributed by atoms with van der Waals surface area (Å²) >= 11 is 0. The molecule has 88 valence electrons. The van der Waals surface area contributed by atoms with Gasteiger partial charge in [-0.1, -0.05) is 20.3 Å². The van der Waals surface area contributed by atoms with E-state index >= 15 is 0 Å². The molecule has 0 aromatic rings. The third-order valence-corrected chi connectivity index (χ3v) is 3.27. The fourth-order valence-electron chi connectivity index (χ4n) is 1.91. The van der Waals surface area contributed by atoms with Crippen LogP contribution in [0.25, 0.3) is 0 Å². The van der Waals surface area contributed by atoms with Gasteiger partial charge in [-0.25, -0.2) is 0 Å². The average molecular weight is 212 g/mol. The maximum absolute atomic E-state index is 11.5. The zero-order chi connectivity index (χ0) is 11.1. The van der Waals surface area contributed by atoms with Crippen molar-refractivity contribution in [1.82, 2.24) is 10.6 Å². The molecule has 1 fully saturated rings. The van der Waals surface area contributed by atoms with E-state index in [1.807, 2.05) is 0 Å². The lowest BCUT2D eigenvalue weighted by Crippen LogP contribution is -2.27. The van der Waals surface area contributed by atoms with Gasteiger partial charge in [-0.15, -0.1) is 0 Å². The lowest BCUT2D eigenvalue weighted by Gasteiger charge is -2.11. The number of hydrogen-bond acceptors (Lipinski definition) is 2. The van der Waals surface area contributed by atoms with Gasteiger partial charge in [0, 0.05) is 13.0 Å². The van der Waals surface area contributed by atoms with Gasteiger partial charge < -0.3 is 10.6 Å². The number of amides is 1. The van der Waals surface area contributed by atoms with E-state index in [1.54, 1.807) is 0 Å². The van der Waals surface area contributed by atoms with Crippen LogP contribution in [0, 0.1) is 11.8 Å². The minimum Gasteiger partial charge on any atom is -0.356 e. The van der Waals surface area contributed by atoms with Gasteiger partial charge >= 0.3 is 0 Å². The van der Waals surface area contributed by atoms with Crippen molar-refractivity contribution < 1.29 is 4.79 Å². The molecular weight excluding hydrogens is 188 g/mol. The van der Waals surface area contributed by atoms with E-state index in [4.69, 9.17) is 0 Å². The molecule has 1 rings (SSSR count). The molecule has 15 heavy (non-hydrogen) atoms. The van der Waals surface area contributed by atoms with Gasteiger partial charge in [0.1, 0.15) is 0 Å². The Hall–Kier alpha value is -0.570. The maximum atomic E-state index is 11.5. The summed E-state index contributed by atoms with van der Waals surface area (Å²) in [6.07, 6.45) is 4.15. The van der Waals surface area contributed by atoms with E-state index < -0.39 is 0 Å². The minimum atomic E-state index is 0.218. The lowest BCUT2D eigenvalue weighted by atomic mass is 10.0. The molecule has 0 aromatic carbocycles. The molecule has 0 aliphatic carbocycles. The molecule has 0 saturated carbocycles. The lowest BCUT2D eigenvalue weighted by molar-refractivity contribution is -0.121. The normalized spacial score (nSPS) is 22.7. The summed E-state index contributed by atoms with van der Waals surface area (Å²) in [5.74, 6) is 1.50. The van der Waals surface area contributed by atoms with Crippen molar-refractivity contribution in [2.45, 2.75) is 39.5 Å². The summed E-state index contributed by atoms with van der Waals surface area (Å²) < 4.78 is 0. The first-order chi connectivity index (χ1) is 7.22. The second kappa shape index (κ2) is 6.83. The second-order valence-corrected chi connectivity index (χ2v) is 4.71. The summed E-state index contributed by atoms with van der Waals surface area (Å²) in [7, 11) is 0. The standard InChI is InChI=1S/C12H24N2O/c1-3-10(2)8-12(15)14-7-5-11-4-6-13-9-11/h10-11,13H,3-9H2,1-2H3,(H,14,15). The van der Waals surface area contributed by atoms with Crippen LogP contribution >= 0.6 is 0 Å². The first-order valence-electron chi connectivity index (χ1n) is 6.19. The zero-order valence-electron chi connectivity index (χ0n) is 10.0. The van der Waals surface area contributed by atoms with Crippen molar-refractivity contribution in [2.75, 3.05) is 19.6 Å². The quantitative estimate of drug-likeness (QED) is 0.701. The monoisotopic (exact) mass is 212 g/mol. The van der Waals surface area contributed by atoms with Crippen molar-refractivity contribution in [3.63, 3.8) is 0 Å². The Morgan fingerprint density at radius 2 is 2.40 bits per heavy atom. The molecule has 2 unspecified atom stereocenters. The molecule has 1 heterocycles. The van der Waals surface area contributed by atoms with Gasteiger partial charge in [0.05, 0.1) is 0 Å². The molecule has 2 atom stereocenters. The molecule has 0 bridgehead atoms. The van der Waals surface area contributed by atoms with Crippen LogP contribution in [0.2, 0.25) is 0 Å². The van der Waals surface area contributed by atoms with Gasteiger partial charge in [-0.2, -0.15) is 0 Å². The molecule has 3 heteroatoms. The first kappa shape index (κ1) is 12.5. The Balaban J connectivity index is 2.01. The van der Waals surface area contributed by atoms with E-state index in [9.17, 15) is 4.79 Å². The fraction of sp³-hybridized carbons (Fsp3) is 0.917. The molecule has 3 nitrogen and oxygen atoms in total. The minimum absolute atomic E-state index is 0.218. The van der Waals surface area contributed by atoms with Crippen molar-refractivity contribution in [3.8, 4) is 0 Å². The van der Waals surface area contributed by atoms with Crippen LogP contribution < -0.4 is 10.6 Å². The highest BCUT2D eigenvalue weighted by molar-refractivity contribution is 5.76. The molecule has 1 aliphatic heterocycles. The molecule has 0 radical (unpaired) electrons. The Morgan fingerprint density at radius 3 is 3.00 bits per heavy atom. The number of carbonyl (C=O) groups excluding carboxylic acids is 1. The number of hydrogen-bond donors (Lipinski definition) is 2. The van der Waals surface area contributed by atoms with Crippen LogP contribution in [-0.4, -0.2) is 25.5 Å². The van der Waals surface area contributed by atoms with Crippen molar-refractivity contribution in [3.05, 3.63) is 0 Å². The Labute approximate surface area is 93.0 Å². The summed E-state index contributed by atoms with van der Waals surface area (Å²) in [4.78, 5) is 11.5. The molecule has 1 amide bonds. The van der Waals surface area contributed by atoms with Crippen LogP contribution in [0.3, 0.4) is 0 Å². The van der Waals surface area contributed by atoms with Gasteiger partial charge in [-0.3, -0.25) is 4.79 Å². The fourth-order valence-corrected chi connectivity index (χ4v) is 1.91. The van der Waals surface area contributed by atoms with Gasteiger partial charge in [0.2, 0.25) is 5.91 Å². The van der Waals surface area contributed by atoms with E-state index in [1.165, 1.54) is 6.42 Å². The smallest absolute Gasteiger partial charge is 0.220 e. The Bertz CT molecular complexity index is 188. The highest BCUT2D eigenvalue weighted by Gasteiger charge is 2.14. The summed E-state index contributed by atoms with van der Waals surface area (Å²) in [6, 6.07) is 0. The zero-order valence-corrected chi connectivity index (χ0v) is 10.0. The van der Waals surface area contributed by atoms with Crippen LogP contribution in [-0.2, 0) is 4.79 Å². The van der Waals surface area contributed by atoms with Crippen molar-refractivity contribution >= 4 is 5.91 Å². The molecule has 0 aromatic heterocycles. The predicted octanol–water partition coefficient (Wildman–Crippen LogP) is 1.54. The molecule has 0 spiro atoms. The van der Waals surface area contributed by atoms with Crippen molar-refractivity contribution in [1.29, 1.82) is 0 Å². The summed E-state index contributed by atoms with van der Waals surface area (Å²) in [6.45, 7) is 7.37. The van der Waals surface area contributed by atoms with E-state index in [0.717, 1.165) is 38.4 Å². The average Bonchev–Trinajstić information content (AvgIpc) is 2.70. The van der Waals surface area contributed by atoms with E-state index in [2.05, 4.69) is 24.5 Å². The number of rotatable bonds is 6. The molecule has 1 aliphatic rings. The van der Waals surface area contributed by atoms with Gasteiger partial charge in [0.25, 0.3) is 0 Å². The van der Waals surface area contributed by atoms with Crippen LogP contribution in [0.4, 0.5) is 0 Å². The molecule has 1 saturated heterocycles. The summed E-state index contributed by atoms with van der Waals surface area (Å²) in [5, 5.41) is 6.35. The van der Waals surface area contributed by atoms with Crippen molar-refractivity contribution in [2.24, 2.45) is 11.8 Å². The topological polar surface area (TPSA) is 41.1 Å². The third-order valence-electron chi connectivity index (χ3n) is 3.27. The Kier molecular flexibility index (Phi) is 5.69. The van der Waals surface area contributed by atoms with Gasteiger partial charge in [-0.05, 0) is 37.8 Å². The predicted molar refractivity (Wildman–Crippen MR) is 62.7 cm³/mol. The van der Waals surface area contributed by atoms with Crippen LogP contribution in [0.1, 0.15) is 39.5 Å². The maximum Gasteiger partial charge on any atom is 0.220 e. The third kappa shape index (κ3) is 5.17. The highest BCUT2D eigenvalue weighted by Crippen LogP contribution is 2.11. The second-order valence-electron chi connectivity index (χ2n) is 4.71. The van der Waals surface area contributed by atoms with E-state index in [0.29, 0.717) is 12.3 Å². The molecular formula is C12H24N2O. The SMILES string of the molecule is CCC(C)CC(=O)NCCC1CCNC1. The Morgan fingerprint density at radius 1 is 1.60 bits per heavy atom. The van der Waals surface area contributed by atoms with E-state index in [-0.39, 0.29) is 5.91 Å². The van der Waals surface area contributed by atoms with Crippen LogP contribution in [0.15, 0.2) is 0 Å². The highest BCUT2D eigenvalue weighted by atomic mass is 16.1. The number of nitrogens with one attached hydrogen (secondary N) is 2.